The smallest absolute Gasteiger partial charge is 0.232 e. The quantitative estimate of drug-likeness (QED) is 0.412. The molecule has 0 aliphatic heterocycles. The van der Waals surface area contributed by atoms with Crippen molar-refractivity contribution in [2.24, 2.45) is 0 Å². The van der Waals surface area contributed by atoms with Crippen LogP contribution in [0.25, 0.3) is 11.0 Å². The van der Waals surface area contributed by atoms with Crippen LogP contribution in [0, 0.1) is 0 Å². The van der Waals surface area contributed by atoms with E-state index in [1.165, 1.54) is 12.5 Å². The van der Waals surface area contributed by atoms with Gasteiger partial charge in [0.1, 0.15) is 24.2 Å². The van der Waals surface area contributed by atoms with Crippen molar-refractivity contribution in [2.75, 3.05) is 0 Å². The fourth-order valence-electron chi connectivity index (χ4n) is 2.56. The molecule has 25 heavy (non-hydrogen) atoms. The predicted octanol–water partition coefficient (Wildman–Crippen LogP) is 5.60. The van der Waals surface area contributed by atoms with Gasteiger partial charge < -0.3 is 13.6 Å². The molecule has 0 radical (unpaired) electrons. The number of carbonyl (C=O) groups excluding carboxylic acids is 1. The van der Waals surface area contributed by atoms with E-state index < -0.39 is 0 Å². The maximum absolute atomic E-state index is 12.5. The standard InChI is InChI=1S/C20H13BrO4/c21-14-5-3-13(4-6-14)11-24-15-7-8-18-16(10-15)17(12-25-18)20(22)19-2-1-9-23-19/h1-10,12H,11H2. The Hall–Kier alpha value is -2.79. The van der Waals surface area contributed by atoms with Gasteiger partial charge in [0.15, 0.2) is 5.76 Å². The molecule has 2 aromatic heterocycles. The minimum absolute atomic E-state index is 0.214. The molecule has 0 atom stereocenters. The van der Waals surface area contributed by atoms with Crippen LogP contribution in [0.1, 0.15) is 21.7 Å². The Labute approximate surface area is 152 Å². The Kier molecular flexibility index (Phi) is 4.15. The second-order valence-electron chi connectivity index (χ2n) is 5.53. The lowest BCUT2D eigenvalue weighted by molar-refractivity contribution is 0.101. The highest BCUT2D eigenvalue weighted by Crippen LogP contribution is 2.28. The molecule has 0 N–H and O–H groups in total. The average Bonchev–Trinajstić information content (AvgIpc) is 3.30. The Morgan fingerprint density at radius 1 is 1.04 bits per heavy atom. The third-order valence-electron chi connectivity index (χ3n) is 3.85. The molecule has 0 aliphatic rings. The van der Waals surface area contributed by atoms with Crippen molar-refractivity contribution in [3.63, 3.8) is 0 Å². The lowest BCUT2D eigenvalue weighted by atomic mass is 10.1. The van der Waals surface area contributed by atoms with E-state index >= 15 is 0 Å². The van der Waals surface area contributed by atoms with Gasteiger partial charge in [0.2, 0.25) is 5.78 Å². The van der Waals surface area contributed by atoms with Crippen LogP contribution in [-0.2, 0) is 6.61 Å². The summed E-state index contributed by atoms with van der Waals surface area (Å²) >= 11 is 3.41. The molecule has 5 heteroatoms. The first-order valence-electron chi connectivity index (χ1n) is 7.67. The second-order valence-corrected chi connectivity index (χ2v) is 6.44. The summed E-state index contributed by atoms with van der Waals surface area (Å²) in [7, 11) is 0. The van der Waals surface area contributed by atoms with E-state index in [4.69, 9.17) is 13.6 Å². The monoisotopic (exact) mass is 396 g/mol. The van der Waals surface area contributed by atoms with E-state index in [1.54, 1.807) is 18.2 Å². The average molecular weight is 397 g/mol. The van der Waals surface area contributed by atoms with Crippen molar-refractivity contribution in [1.29, 1.82) is 0 Å². The van der Waals surface area contributed by atoms with Crippen LogP contribution in [0.4, 0.5) is 0 Å². The van der Waals surface area contributed by atoms with E-state index in [1.807, 2.05) is 36.4 Å². The molecule has 0 saturated carbocycles. The van der Waals surface area contributed by atoms with Gasteiger partial charge in [0, 0.05) is 9.86 Å². The molecule has 2 aromatic carbocycles. The number of hydrogen-bond acceptors (Lipinski definition) is 4. The molecular weight excluding hydrogens is 384 g/mol. The molecule has 124 valence electrons. The SMILES string of the molecule is O=C(c1ccco1)c1coc2ccc(OCc3ccc(Br)cc3)cc12. The summed E-state index contributed by atoms with van der Waals surface area (Å²) in [6.45, 7) is 0.443. The molecule has 0 fully saturated rings. The molecular formula is C20H13BrO4. The lowest BCUT2D eigenvalue weighted by Gasteiger charge is -2.06. The van der Waals surface area contributed by atoms with Crippen molar-refractivity contribution in [1.82, 2.24) is 0 Å². The summed E-state index contributed by atoms with van der Waals surface area (Å²) in [6.07, 6.45) is 2.93. The van der Waals surface area contributed by atoms with Crippen LogP contribution in [-0.4, -0.2) is 5.78 Å². The second kappa shape index (κ2) is 6.61. The van der Waals surface area contributed by atoms with E-state index in [-0.39, 0.29) is 11.5 Å². The van der Waals surface area contributed by atoms with Gasteiger partial charge in [-0.3, -0.25) is 4.79 Å². The number of furan rings is 2. The summed E-state index contributed by atoms with van der Waals surface area (Å²) in [5.41, 5.74) is 2.15. The van der Waals surface area contributed by atoms with Crippen LogP contribution in [0.5, 0.6) is 5.75 Å². The van der Waals surface area contributed by atoms with E-state index in [9.17, 15) is 4.79 Å². The zero-order valence-electron chi connectivity index (χ0n) is 13.1. The number of benzene rings is 2. The van der Waals surface area contributed by atoms with Crippen molar-refractivity contribution in [3.8, 4) is 5.75 Å². The molecule has 4 rings (SSSR count). The van der Waals surface area contributed by atoms with Crippen LogP contribution in [0.15, 0.2) is 80.4 Å². The van der Waals surface area contributed by atoms with Crippen molar-refractivity contribution in [3.05, 3.63) is 88.5 Å². The van der Waals surface area contributed by atoms with Gasteiger partial charge in [-0.2, -0.15) is 0 Å². The fraction of sp³-hybridized carbons (Fsp3) is 0.0500. The number of halogens is 1. The van der Waals surface area contributed by atoms with Gasteiger partial charge in [0.05, 0.1) is 11.8 Å². The third-order valence-corrected chi connectivity index (χ3v) is 4.38. The highest BCUT2D eigenvalue weighted by Gasteiger charge is 2.18. The molecule has 0 bridgehead atoms. The topological polar surface area (TPSA) is 52.6 Å². The molecule has 4 aromatic rings. The molecule has 0 unspecified atom stereocenters. The van der Waals surface area contributed by atoms with Crippen LogP contribution in [0.3, 0.4) is 0 Å². The molecule has 2 heterocycles. The van der Waals surface area contributed by atoms with E-state index in [2.05, 4.69) is 15.9 Å². The maximum Gasteiger partial charge on any atom is 0.232 e. The summed E-state index contributed by atoms with van der Waals surface area (Å²) in [5.74, 6) is 0.739. The Morgan fingerprint density at radius 3 is 2.64 bits per heavy atom. The third kappa shape index (κ3) is 3.23. The van der Waals surface area contributed by atoms with Crippen LogP contribution < -0.4 is 4.74 Å². The number of carbonyl (C=O) groups is 1. The Bertz CT molecular complexity index is 1010. The predicted molar refractivity (Wildman–Crippen MR) is 96.8 cm³/mol. The first-order valence-corrected chi connectivity index (χ1v) is 8.47. The summed E-state index contributed by atoms with van der Waals surface area (Å²) in [6, 6.07) is 16.7. The van der Waals surface area contributed by atoms with Crippen LogP contribution in [0.2, 0.25) is 0 Å². The van der Waals surface area contributed by atoms with Crippen molar-refractivity contribution < 1.29 is 18.4 Å². The number of rotatable bonds is 5. The van der Waals surface area contributed by atoms with Crippen molar-refractivity contribution in [2.45, 2.75) is 6.61 Å². The van der Waals surface area contributed by atoms with Gasteiger partial charge in [0.25, 0.3) is 0 Å². The lowest BCUT2D eigenvalue weighted by Crippen LogP contribution is -1.98. The molecule has 0 saturated heterocycles. The van der Waals surface area contributed by atoms with Gasteiger partial charge in [-0.25, -0.2) is 0 Å². The largest absolute Gasteiger partial charge is 0.489 e. The number of hydrogen-bond donors (Lipinski definition) is 0. The van der Waals surface area contributed by atoms with Crippen molar-refractivity contribution >= 4 is 32.7 Å². The number of ether oxygens (including phenoxy) is 1. The molecule has 4 nitrogen and oxygen atoms in total. The summed E-state index contributed by atoms with van der Waals surface area (Å²) in [5, 5.41) is 0.703. The van der Waals surface area contributed by atoms with Crippen LogP contribution >= 0.6 is 15.9 Å². The summed E-state index contributed by atoms with van der Waals surface area (Å²) in [4.78, 5) is 12.5. The minimum atomic E-state index is -0.214. The minimum Gasteiger partial charge on any atom is -0.489 e. The molecule has 0 spiro atoms. The highest BCUT2D eigenvalue weighted by molar-refractivity contribution is 9.10. The normalized spacial score (nSPS) is 10.9. The zero-order chi connectivity index (χ0) is 17.2. The van der Waals surface area contributed by atoms with E-state index in [0.717, 1.165) is 10.0 Å². The van der Waals surface area contributed by atoms with Gasteiger partial charge in [-0.1, -0.05) is 28.1 Å². The maximum atomic E-state index is 12.5. The summed E-state index contributed by atoms with van der Waals surface area (Å²) < 4.78 is 17.5. The number of fused-ring (bicyclic) bond motifs is 1. The Morgan fingerprint density at radius 2 is 1.88 bits per heavy atom. The fourth-order valence-corrected chi connectivity index (χ4v) is 2.83. The zero-order valence-corrected chi connectivity index (χ0v) is 14.7. The van der Waals surface area contributed by atoms with Gasteiger partial charge in [-0.05, 0) is 48.0 Å². The van der Waals surface area contributed by atoms with Gasteiger partial charge >= 0.3 is 0 Å². The number of ketones is 1. The van der Waals surface area contributed by atoms with Gasteiger partial charge in [-0.15, -0.1) is 0 Å². The van der Waals surface area contributed by atoms with E-state index in [0.29, 0.717) is 28.9 Å². The Balaban J connectivity index is 1.60. The first-order chi connectivity index (χ1) is 12.2. The molecule has 0 amide bonds. The highest BCUT2D eigenvalue weighted by atomic mass is 79.9. The first kappa shape index (κ1) is 15.7. The molecule has 0 aliphatic carbocycles.